The van der Waals surface area contributed by atoms with E-state index in [4.69, 9.17) is 9.47 Å². The van der Waals surface area contributed by atoms with Gasteiger partial charge in [-0.1, -0.05) is 63.2 Å². The summed E-state index contributed by atoms with van der Waals surface area (Å²) >= 11 is 0. The maximum atomic E-state index is 6.37. The predicted octanol–water partition coefficient (Wildman–Crippen LogP) is 5.29. The van der Waals surface area contributed by atoms with E-state index in [1.165, 1.54) is 21.9 Å². The molecule has 4 rings (SSSR count). The summed E-state index contributed by atoms with van der Waals surface area (Å²) in [7, 11) is 1.69. The molecule has 3 heteroatoms. The molecule has 0 aromatic heterocycles. The summed E-state index contributed by atoms with van der Waals surface area (Å²) in [4.78, 5) is 0. The number of ether oxygens (including phenoxy) is 2. The molecular formula is C23H25NO2. The molecule has 1 heterocycles. The Bertz CT molecular complexity index is 925. The molecular weight excluding hydrogens is 322 g/mol. The first-order valence-electron chi connectivity index (χ1n) is 9.05. The molecule has 0 amide bonds. The van der Waals surface area contributed by atoms with E-state index in [9.17, 15) is 0 Å². The van der Waals surface area contributed by atoms with Crippen molar-refractivity contribution >= 4 is 10.8 Å². The molecule has 1 N–H and O–H groups in total. The van der Waals surface area contributed by atoms with Gasteiger partial charge in [-0.3, -0.25) is 5.32 Å². The lowest BCUT2D eigenvalue weighted by atomic mass is 9.87. The van der Waals surface area contributed by atoms with Gasteiger partial charge in [0.05, 0.1) is 13.2 Å². The summed E-state index contributed by atoms with van der Waals surface area (Å²) in [5.74, 6) is 1.83. The highest BCUT2D eigenvalue weighted by Crippen LogP contribution is 2.42. The van der Waals surface area contributed by atoms with Crippen LogP contribution in [0.3, 0.4) is 0 Å². The lowest BCUT2D eigenvalue weighted by molar-refractivity contribution is 0.0350. The average Bonchev–Trinajstić information content (AvgIpc) is 2.66. The minimum absolute atomic E-state index is 0.0198. The second-order valence-electron chi connectivity index (χ2n) is 7.94. The third-order valence-electron chi connectivity index (χ3n) is 5.02. The first-order valence-corrected chi connectivity index (χ1v) is 9.05. The summed E-state index contributed by atoms with van der Waals surface area (Å²) in [5.41, 5.74) is 2.39. The highest BCUT2D eigenvalue weighted by Gasteiger charge is 2.36. The fourth-order valence-corrected chi connectivity index (χ4v) is 3.56. The topological polar surface area (TPSA) is 30.5 Å². The van der Waals surface area contributed by atoms with Crippen molar-refractivity contribution in [2.75, 3.05) is 7.11 Å². The Morgan fingerprint density at radius 3 is 2.35 bits per heavy atom. The van der Waals surface area contributed by atoms with E-state index < -0.39 is 0 Å². The SMILES string of the molecule is COc1ccc([C@@H]2N[C@@H](C(C)(C)C)Oc3ccc4ccccc4c32)cc1. The van der Waals surface area contributed by atoms with Crippen LogP contribution < -0.4 is 14.8 Å². The van der Waals surface area contributed by atoms with E-state index >= 15 is 0 Å². The fourth-order valence-electron chi connectivity index (χ4n) is 3.56. The molecule has 0 bridgehead atoms. The second kappa shape index (κ2) is 6.33. The monoisotopic (exact) mass is 347 g/mol. The number of hydrogen-bond donors (Lipinski definition) is 1. The van der Waals surface area contributed by atoms with Crippen molar-refractivity contribution in [3.63, 3.8) is 0 Å². The van der Waals surface area contributed by atoms with Gasteiger partial charge in [-0.25, -0.2) is 0 Å². The van der Waals surface area contributed by atoms with E-state index in [0.29, 0.717) is 0 Å². The lowest BCUT2D eigenvalue weighted by Crippen LogP contribution is -2.49. The van der Waals surface area contributed by atoms with Crippen molar-refractivity contribution in [3.05, 3.63) is 71.8 Å². The van der Waals surface area contributed by atoms with Gasteiger partial charge < -0.3 is 9.47 Å². The number of hydrogen-bond acceptors (Lipinski definition) is 3. The highest BCUT2D eigenvalue weighted by atomic mass is 16.5. The molecule has 0 unspecified atom stereocenters. The first kappa shape index (κ1) is 16.9. The summed E-state index contributed by atoms with van der Waals surface area (Å²) in [5, 5.41) is 6.19. The van der Waals surface area contributed by atoms with Crippen LogP contribution >= 0.6 is 0 Å². The Kier molecular flexibility index (Phi) is 4.12. The molecule has 1 aliphatic heterocycles. The van der Waals surface area contributed by atoms with Crippen LogP contribution in [0.4, 0.5) is 0 Å². The molecule has 0 spiro atoms. The van der Waals surface area contributed by atoms with Crippen molar-refractivity contribution < 1.29 is 9.47 Å². The summed E-state index contributed by atoms with van der Waals surface area (Å²) < 4.78 is 11.7. The molecule has 134 valence electrons. The van der Waals surface area contributed by atoms with Crippen LogP contribution in [0.15, 0.2) is 60.7 Å². The van der Waals surface area contributed by atoms with Gasteiger partial charge in [-0.15, -0.1) is 0 Å². The van der Waals surface area contributed by atoms with Crippen molar-refractivity contribution in [1.82, 2.24) is 5.32 Å². The molecule has 3 aromatic carbocycles. The lowest BCUT2D eigenvalue weighted by Gasteiger charge is -2.40. The van der Waals surface area contributed by atoms with Crippen molar-refractivity contribution in [2.24, 2.45) is 5.41 Å². The first-order chi connectivity index (χ1) is 12.5. The van der Waals surface area contributed by atoms with E-state index in [2.05, 4.69) is 74.6 Å². The van der Waals surface area contributed by atoms with Gasteiger partial charge >= 0.3 is 0 Å². The van der Waals surface area contributed by atoms with Gasteiger partial charge in [-0.05, 0) is 34.5 Å². The molecule has 0 fully saturated rings. The maximum absolute atomic E-state index is 6.37. The van der Waals surface area contributed by atoms with Crippen molar-refractivity contribution in [1.29, 1.82) is 0 Å². The van der Waals surface area contributed by atoms with E-state index in [0.717, 1.165) is 11.5 Å². The standard InChI is InChI=1S/C23H25NO2/c1-23(2,3)22-24-21(16-9-12-17(25-4)13-10-16)20-18-8-6-5-7-15(18)11-14-19(20)26-22/h5-14,21-22,24H,1-4H3/t21-,22+/m0/s1. The average molecular weight is 347 g/mol. The van der Waals surface area contributed by atoms with Gasteiger partial charge in [-0.2, -0.15) is 0 Å². The molecule has 0 saturated heterocycles. The zero-order valence-corrected chi connectivity index (χ0v) is 15.7. The molecule has 0 radical (unpaired) electrons. The third kappa shape index (κ3) is 2.93. The van der Waals surface area contributed by atoms with Gasteiger partial charge in [0, 0.05) is 11.0 Å². The fraction of sp³-hybridized carbons (Fsp3) is 0.304. The third-order valence-corrected chi connectivity index (χ3v) is 5.02. The summed E-state index contributed by atoms with van der Waals surface area (Å²) in [6.45, 7) is 6.59. The minimum atomic E-state index is -0.0664. The van der Waals surface area contributed by atoms with E-state index in [1.54, 1.807) is 7.11 Å². The quantitative estimate of drug-likeness (QED) is 0.683. The van der Waals surface area contributed by atoms with Crippen LogP contribution in [-0.2, 0) is 0 Å². The molecule has 26 heavy (non-hydrogen) atoms. The van der Waals surface area contributed by atoms with Crippen molar-refractivity contribution in [2.45, 2.75) is 33.0 Å². The van der Waals surface area contributed by atoms with Crippen molar-refractivity contribution in [3.8, 4) is 11.5 Å². The highest BCUT2D eigenvalue weighted by molar-refractivity contribution is 5.89. The Hall–Kier alpha value is -2.52. The molecule has 0 aliphatic carbocycles. The molecule has 1 aliphatic rings. The Morgan fingerprint density at radius 1 is 0.923 bits per heavy atom. The van der Waals surface area contributed by atoms with Gasteiger partial charge in [0.1, 0.15) is 11.5 Å². The largest absolute Gasteiger partial charge is 0.497 e. The number of nitrogens with one attached hydrogen (secondary N) is 1. The summed E-state index contributed by atoms with van der Waals surface area (Å²) in [6, 6.07) is 21.1. The van der Waals surface area contributed by atoms with Gasteiger partial charge in [0.2, 0.25) is 0 Å². The number of methoxy groups -OCH3 is 1. The molecule has 3 nitrogen and oxygen atoms in total. The number of rotatable bonds is 2. The zero-order chi connectivity index (χ0) is 18.3. The Morgan fingerprint density at radius 2 is 1.65 bits per heavy atom. The van der Waals surface area contributed by atoms with Crippen LogP contribution in [-0.4, -0.2) is 13.3 Å². The molecule has 3 aromatic rings. The van der Waals surface area contributed by atoms with Crippen LogP contribution in [0.2, 0.25) is 0 Å². The predicted molar refractivity (Wildman–Crippen MR) is 106 cm³/mol. The Labute approximate surface area is 154 Å². The van der Waals surface area contributed by atoms with Crippen LogP contribution in [0.1, 0.15) is 37.9 Å². The van der Waals surface area contributed by atoms with E-state index in [-0.39, 0.29) is 17.7 Å². The van der Waals surface area contributed by atoms with Crippen LogP contribution in [0.5, 0.6) is 11.5 Å². The van der Waals surface area contributed by atoms with Crippen LogP contribution in [0, 0.1) is 5.41 Å². The molecule has 2 atom stereocenters. The zero-order valence-electron chi connectivity index (χ0n) is 15.7. The Balaban J connectivity index is 1.89. The summed E-state index contributed by atoms with van der Waals surface area (Å²) in [6.07, 6.45) is -0.0664. The maximum Gasteiger partial charge on any atom is 0.155 e. The van der Waals surface area contributed by atoms with Gasteiger partial charge in [0.25, 0.3) is 0 Å². The number of benzene rings is 3. The second-order valence-corrected chi connectivity index (χ2v) is 7.94. The molecule has 0 saturated carbocycles. The number of fused-ring (bicyclic) bond motifs is 3. The van der Waals surface area contributed by atoms with E-state index in [1.807, 2.05) is 12.1 Å². The normalized spacial score (nSPS) is 19.7. The van der Waals surface area contributed by atoms with Gasteiger partial charge in [0.15, 0.2) is 6.23 Å². The van der Waals surface area contributed by atoms with Crippen LogP contribution in [0.25, 0.3) is 10.8 Å². The smallest absolute Gasteiger partial charge is 0.155 e. The minimum Gasteiger partial charge on any atom is -0.497 e.